The highest BCUT2D eigenvalue weighted by molar-refractivity contribution is 7.16. The molecule has 3 heterocycles. The molecule has 0 aliphatic rings. The quantitative estimate of drug-likeness (QED) is 0.619. The number of aromatic nitrogens is 4. The van der Waals surface area contributed by atoms with Gasteiger partial charge in [-0.05, 0) is 23.1 Å². The SMILES string of the molecule is c1ccc(Cc2ccnc(Nc3ncnc4sccc34)n2)cc1. The number of rotatable bonds is 4. The molecule has 0 amide bonds. The predicted octanol–water partition coefficient (Wildman–Crippen LogP) is 3.82. The Hall–Kier alpha value is -2.86. The third-order valence-electron chi connectivity index (χ3n) is 3.43. The first kappa shape index (κ1) is 13.8. The van der Waals surface area contributed by atoms with E-state index in [9.17, 15) is 0 Å². The van der Waals surface area contributed by atoms with Crippen molar-refractivity contribution in [3.8, 4) is 0 Å². The van der Waals surface area contributed by atoms with Crippen molar-refractivity contribution < 1.29 is 0 Å². The average Bonchev–Trinajstić information content (AvgIpc) is 3.06. The molecule has 23 heavy (non-hydrogen) atoms. The summed E-state index contributed by atoms with van der Waals surface area (Å²) >= 11 is 1.59. The Kier molecular flexibility index (Phi) is 3.65. The maximum Gasteiger partial charge on any atom is 0.228 e. The van der Waals surface area contributed by atoms with E-state index in [-0.39, 0.29) is 0 Å². The van der Waals surface area contributed by atoms with Crippen LogP contribution in [0.15, 0.2) is 60.4 Å². The van der Waals surface area contributed by atoms with E-state index in [1.165, 1.54) is 5.56 Å². The van der Waals surface area contributed by atoms with Crippen molar-refractivity contribution in [3.05, 3.63) is 71.6 Å². The minimum atomic E-state index is 0.546. The molecule has 112 valence electrons. The molecule has 0 spiro atoms. The number of nitrogens with one attached hydrogen (secondary N) is 1. The smallest absolute Gasteiger partial charge is 0.228 e. The molecule has 0 radical (unpaired) electrons. The summed E-state index contributed by atoms with van der Waals surface area (Å²) in [5.41, 5.74) is 2.18. The lowest BCUT2D eigenvalue weighted by Gasteiger charge is -2.06. The van der Waals surface area contributed by atoms with Crippen molar-refractivity contribution in [1.29, 1.82) is 0 Å². The van der Waals surface area contributed by atoms with Gasteiger partial charge in [0.15, 0.2) is 0 Å². The Bertz CT molecular complexity index is 936. The van der Waals surface area contributed by atoms with Crippen LogP contribution < -0.4 is 5.32 Å². The van der Waals surface area contributed by atoms with Crippen LogP contribution in [-0.2, 0) is 6.42 Å². The van der Waals surface area contributed by atoms with Gasteiger partial charge in [-0.2, -0.15) is 0 Å². The first-order valence-electron chi connectivity index (χ1n) is 7.19. The minimum Gasteiger partial charge on any atom is -0.308 e. The summed E-state index contributed by atoms with van der Waals surface area (Å²) in [6.45, 7) is 0. The van der Waals surface area contributed by atoms with E-state index in [4.69, 9.17) is 0 Å². The molecule has 5 nitrogen and oxygen atoms in total. The van der Waals surface area contributed by atoms with Crippen LogP contribution in [0.4, 0.5) is 11.8 Å². The molecular formula is C17H13N5S. The number of nitrogens with zero attached hydrogens (tertiary/aromatic N) is 4. The monoisotopic (exact) mass is 319 g/mol. The molecule has 4 aromatic rings. The van der Waals surface area contributed by atoms with E-state index >= 15 is 0 Å². The number of hydrogen-bond acceptors (Lipinski definition) is 6. The highest BCUT2D eigenvalue weighted by Gasteiger charge is 2.07. The zero-order chi connectivity index (χ0) is 15.5. The van der Waals surface area contributed by atoms with E-state index in [0.717, 1.165) is 28.1 Å². The van der Waals surface area contributed by atoms with Crippen LogP contribution in [-0.4, -0.2) is 19.9 Å². The van der Waals surface area contributed by atoms with Crippen molar-refractivity contribution in [3.63, 3.8) is 0 Å². The number of thiophene rings is 1. The standard InChI is InChI=1S/C17H13N5S/c1-2-4-12(5-3-1)10-13-6-8-18-17(21-13)22-15-14-7-9-23-16(14)20-11-19-15/h1-9,11H,10H2,(H,18,19,20,21,22). The van der Waals surface area contributed by atoms with Crippen molar-refractivity contribution in [2.24, 2.45) is 0 Å². The van der Waals surface area contributed by atoms with Gasteiger partial charge in [-0.25, -0.2) is 19.9 Å². The maximum atomic E-state index is 4.58. The molecular weight excluding hydrogens is 306 g/mol. The lowest BCUT2D eigenvalue weighted by atomic mass is 10.1. The van der Waals surface area contributed by atoms with Crippen molar-refractivity contribution in [2.45, 2.75) is 6.42 Å². The molecule has 1 N–H and O–H groups in total. The molecule has 6 heteroatoms. The van der Waals surface area contributed by atoms with Crippen LogP contribution in [0.3, 0.4) is 0 Å². The van der Waals surface area contributed by atoms with Gasteiger partial charge in [0, 0.05) is 12.6 Å². The minimum absolute atomic E-state index is 0.546. The number of anilines is 2. The summed E-state index contributed by atoms with van der Waals surface area (Å²) in [5, 5.41) is 6.17. The molecule has 0 saturated heterocycles. The summed E-state index contributed by atoms with van der Waals surface area (Å²) < 4.78 is 0. The Morgan fingerprint density at radius 1 is 0.957 bits per heavy atom. The van der Waals surface area contributed by atoms with Crippen LogP contribution >= 0.6 is 11.3 Å². The average molecular weight is 319 g/mol. The largest absolute Gasteiger partial charge is 0.308 e. The van der Waals surface area contributed by atoms with E-state index in [1.54, 1.807) is 23.9 Å². The van der Waals surface area contributed by atoms with Crippen LogP contribution in [0.25, 0.3) is 10.2 Å². The van der Waals surface area contributed by atoms with E-state index in [2.05, 4.69) is 37.4 Å². The van der Waals surface area contributed by atoms with Gasteiger partial charge in [-0.15, -0.1) is 11.3 Å². The molecule has 0 unspecified atom stereocenters. The summed E-state index contributed by atoms with van der Waals surface area (Å²) in [7, 11) is 0. The maximum absolute atomic E-state index is 4.58. The second-order valence-electron chi connectivity index (χ2n) is 5.02. The van der Waals surface area contributed by atoms with Gasteiger partial charge in [-0.3, -0.25) is 0 Å². The van der Waals surface area contributed by atoms with Gasteiger partial charge in [0.1, 0.15) is 17.0 Å². The number of benzene rings is 1. The molecule has 0 aliphatic carbocycles. The van der Waals surface area contributed by atoms with Crippen LogP contribution in [0, 0.1) is 0 Å². The second kappa shape index (κ2) is 6.10. The Morgan fingerprint density at radius 3 is 2.78 bits per heavy atom. The van der Waals surface area contributed by atoms with Gasteiger partial charge in [0.05, 0.1) is 11.1 Å². The molecule has 0 atom stereocenters. The Labute approximate surface area is 137 Å². The fraction of sp³-hybridized carbons (Fsp3) is 0.0588. The van der Waals surface area contributed by atoms with Crippen LogP contribution in [0.1, 0.15) is 11.3 Å². The van der Waals surface area contributed by atoms with Crippen LogP contribution in [0.2, 0.25) is 0 Å². The van der Waals surface area contributed by atoms with Gasteiger partial charge < -0.3 is 5.32 Å². The summed E-state index contributed by atoms with van der Waals surface area (Å²) in [5.74, 6) is 1.28. The molecule has 0 saturated carbocycles. The fourth-order valence-electron chi connectivity index (χ4n) is 2.36. The van der Waals surface area contributed by atoms with Gasteiger partial charge in [-0.1, -0.05) is 30.3 Å². The summed E-state index contributed by atoms with van der Waals surface area (Å²) in [6, 6.07) is 14.2. The molecule has 0 aliphatic heterocycles. The number of fused-ring (bicyclic) bond motifs is 1. The van der Waals surface area contributed by atoms with Gasteiger partial charge in [0.25, 0.3) is 0 Å². The van der Waals surface area contributed by atoms with Crippen molar-refractivity contribution in [1.82, 2.24) is 19.9 Å². The first-order chi connectivity index (χ1) is 11.4. The molecule has 3 aromatic heterocycles. The summed E-state index contributed by atoms with van der Waals surface area (Å²) in [6.07, 6.45) is 4.09. The van der Waals surface area contributed by atoms with Gasteiger partial charge >= 0.3 is 0 Å². The predicted molar refractivity (Wildman–Crippen MR) is 92.0 cm³/mol. The zero-order valence-corrected chi connectivity index (χ0v) is 13.0. The Morgan fingerprint density at radius 2 is 1.87 bits per heavy atom. The van der Waals surface area contributed by atoms with Crippen molar-refractivity contribution >= 4 is 33.3 Å². The molecule has 4 rings (SSSR count). The van der Waals surface area contributed by atoms with Crippen molar-refractivity contribution in [2.75, 3.05) is 5.32 Å². The third kappa shape index (κ3) is 3.02. The lowest BCUT2D eigenvalue weighted by Crippen LogP contribution is -2.02. The van der Waals surface area contributed by atoms with E-state index in [0.29, 0.717) is 5.95 Å². The Balaban J connectivity index is 1.60. The van der Waals surface area contributed by atoms with E-state index < -0.39 is 0 Å². The lowest BCUT2D eigenvalue weighted by molar-refractivity contribution is 1.03. The third-order valence-corrected chi connectivity index (χ3v) is 4.25. The fourth-order valence-corrected chi connectivity index (χ4v) is 3.09. The molecule has 0 bridgehead atoms. The highest BCUT2D eigenvalue weighted by Crippen LogP contribution is 2.25. The molecule has 0 fully saturated rings. The summed E-state index contributed by atoms with van der Waals surface area (Å²) in [4.78, 5) is 18.3. The number of hydrogen-bond donors (Lipinski definition) is 1. The topological polar surface area (TPSA) is 63.6 Å². The van der Waals surface area contributed by atoms with Crippen LogP contribution in [0.5, 0.6) is 0 Å². The zero-order valence-electron chi connectivity index (χ0n) is 12.2. The normalized spacial score (nSPS) is 10.8. The highest BCUT2D eigenvalue weighted by atomic mass is 32.1. The van der Waals surface area contributed by atoms with E-state index in [1.807, 2.05) is 35.7 Å². The first-order valence-corrected chi connectivity index (χ1v) is 8.07. The second-order valence-corrected chi connectivity index (χ2v) is 5.92. The molecule has 1 aromatic carbocycles. The van der Waals surface area contributed by atoms with Gasteiger partial charge in [0.2, 0.25) is 5.95 Å².